The highest BCUT2D eigenvalue weighted by molar-refractivity contribution is 7.89. The van der Waals surface area contributed by atoms with Crippen LogP contribution in [-0.4, -0.2) is 44.9 Å². The van der Waals surface area contributed by atoms with Crippen molar-refractivity contribution in [3.05, 3.63) is 53.6 Å². The summed E-state index contributed by atoms with van der Waals surface area (Å²) in [5, 5.41) is 0. The predicted molar refractivity (Wildman–Crippen MR) is 109 cm³/mol. The van der Waals surface area contributed by atoms with Crippen LogP contribution in [0.3, 0.4) is 0 Å². The predicted octanol–water partition coefficient (Wildman–Crippen LogP) is 2.99. The first kappa shape index (κ1) is 20.4. The van der Waals surface area contributed by atoms with Crippen molar-refractivity contribution in [2.75, 3.05) is 25.1 Å². The van der Waals surface area contributed by atoms with E-state index >= 15 is 0 Å². The largest absolute Gasteiger partial charge is 0.494 e. The number of para-hydroxylation sites is 1. The molecule has 0 radical (unpaired) electrons. The Morgan fingerprint density at radius 2 is 1.96 bits per heavy atom. The Kier molecular flexibility index (Phi) is 5.76. The van der Waals surface area contributed by atoms with Crippen molar-refractivity contribution in [3.63, 3.8) is 0 Å². The van der Waals surface area contributed by atoms with Gasteiger partial charge in [0.15, 0.2) is 0 Å². The van der Waals surface area contributed by atoms with Gasteiger partial charge in [0, 0.05) is 18.8 Å². The summed E-state index contributed by atoms with van der Waals surface area (Å²) in [5.41, 5.74) is 2.71. The van der Waals surface area contributed by atoms with Crippen LogP contribution in [0.15, 0.2) is 47.4 Å². The topological polar surface area (TPSA) is 66.9 Å². The molecule has 1 aliphatic heterocycles. The van der Waals surface area contributed by atoms with E-state index in [9.17, 15) is 13.2 Å². The van der Waals surface area contributed by atoms with Crippen molar-refractivity contribution in [2.45, 2.75) is 38.1 Å². The highest BCUT2D eigenvalue weighted by atomic mass is 32.2. The molecule has 6 nitrogen and oxygen atoms in total. The zero-order valence-corrected chi connectivity index (χ0v) is 17.5. The number of nitrogens with zero attached hydrogens (tertiary/aromatic N) is 2. The molecule has 0 fully saturated rings. The Labute approximate surface area is 166 Å². The van der Waals surface area contributed by atoms with Gasteiger partial charge in [-0.05, 0) is 62.6 Å². The second-order valence-corrected chi connectivity index (χ2v) is 9.11. The lowest BCUT2D eigenvalue weighted by atomic mass is 10.1. The Morgan fingerprint density at radius 3 is 2.64 bits per heavy atom. The molecule has 1 amide bonds. The maximum Gasteiger partial charge on any atom is 0.243 e. The van der Waals surface area contributed by atoms with Crippen LogP contribution in [0.5, 0.6) is 5.75 Å². The van der Waals surface area contributed by atoms with Gasteiger partial charge in [-0.15, -0.1) is 0 Å². The van der Waals surface area contributed by atoms with E-state index in [-0.39, 0.29) is 23.4 Å². The lowest BCUT2D eigenvalue weighted by Crippen LogP contribution is -2.43. The average Bonchev–Trinajstić information content (AvgIpc) is 2.99. The van der Waals surface area contributed by atoms with Crippen molar-refractivity contribution >= 4 is 21.6 Å². The second kappa shape index (κ2) is 7.93. The third-order valence-electron chi connectivity index (χ3n) is 4.99. The molecule has 1 aliphatic rings. The van der Waals surface area contributed by atoms with Crippen LogP contribution in [0, 0.1) is 6.92 Å². The van der Waals surface area contributed by atoms with E-state index in [1.165, 1.54) is 13.1 Å². The standard InChI is InChI=1S/C21H26N2O4S/c1-5-27-20-11-10-18(12-15(20)2)28(25,26)22(4)14-21(24)23-16(3)13-17-8-6-7-9-19(17)23/h6-12,16H,5,13-14H2,1-4H3. The molecule has 0 saturated carbocycles. The molecule has 7 heteroatoms. The molecule has 1 heterocycles. The minimum absolute atomic E-state index is 0.00808. The molecule has 1 unspecified atom stereocenters. The van der Waals surface area contributed by atoms with E-state index in [2.05, 4.69) is 0 Å². The molecule has 3 rings (SSSR count). The summed E-state index contributed by atoms with van der Waals surface area (Å²) in [6, 6.07) is 12.5. The minimum atomic E-state index is -3.78. The quantitative estimate of drug-likeness (QED) is 0.745. The SMILES string of the molecule is CCOc1ccc(S(=O)(=O)N(C)CC(=O)N2c3ccccc3CC2C)cc1C. The molecule has 0 saturated heterocycles. The van der Waals surface area contributed by atoms with Crippen LogP contribution in [-0.2, 0) is 21.2 Å². The Morgan fingerprint density at radius 1 is 1.25 bits per heavy atom. The number of fused-ring (bicyclic) bond motifs is 1. The Balaban J connectivity index is 1.79. The summed E-state index contributed by atoms with van der Waals surface area (Å²) in [6.45, 7) is 5.95. The molecular weight excluding hydrogens is 376 g/mol. The number of sulfonamides is 1. The molecule has 0 aromatic heterocycles. The van der Waals surface area contributed by atoms with Gasteiger partial charge in [-0.25, -0.2) is 8.42 Å². The number of carbonyl (C=O) groups is 1. The van der Waals surface area contributed by atoms with Crippen LogP contribution in [0.25, 0.3) is 0 Å². The lowest BCUT2D eigenvalue weighted by Gasteiger charge is -2.25. The fourth-order valence-electron chi connectivity index (χ4n) is 3.58. The first-order valence-corrected chi connectivity index (χ1v) is 10.8. The fraction of sp³-hybridized carbons (Fsp3) is 0.381. The maximum atomic E-state index is 12.9. The van der Waals surface area contributed by atoms with Crippen molar-refractivity contribution in [2.24, 2.45) is 0 Å². The van der Waals surface area contributed by atoms with Gasteiger partial charge in [0.2, 0.25) is 15.9 Å². The molecule has 2 aromatic carbocycles. The average molecular weight is 403 g/mol. The Hall–Kier alpha value is -2.38. The van der Waals surface area contributed by atoms with E-state index in [1.807, 2.05) is 38.1 Å². The molecule has 0 N–H and O–H groups in total. The van der Waals surface area contributed by atoms with Crippen LogP contribution >= 0.6 is 0 Å². The second-order valence-electron chi connectivity index (χ2n) is 7.07. The first-order valence-electron chi connectivity index (χ1n) is 9.35. The molecule has 28 heavy (non-hydrogen) atoms. The van der Waals surface area contributed by atoms with Gasteiger partial charge >= 0.3 is 0 Å². The number of rotatable bonds is 6. The minimum Gasteiger partial charge on any atom is -0.494 e. The van der Waals surface area contributed by atoms with Gasteiger partial charge in [-0.2, -0.15) is 4.31 Å². The number of hydrogen-bond acceptors (Lipinski definition) is 4. The summed E-state index contributed by atoms with van der Waals surface area (Å²) in [7, 11) is -2.35. The molecule has 150 valence electrons. The molecular formula is C21H26N2O4S. The number of likely N-dealkylation sites (N-methyl/N-ethyl adjacent to an activating group) is 1. The number of carbonyl (C=O) groups excluding carboxylic acids is 1. The molecule has 0 aliphatic carbocycles. The molecule has 0 spiro atoms. The van der Waals surface area contributed by atoms with E-state index in [4.69, 9.17) is 4.74 Å². The third kappa shape index (κ3) is 3.77. The third-order valence-corrected chi connectivity index (χ3v) is 6.79. The maximum absolute atomic E-state index is 12.9. The molecule has 0 bridgehead atoms. The fourth-order valence-corrected chi connectivity index (χ4v) is 4.78. The van der Waals surface area contributed by atoms with E-state index in [1.54, 1.807) is 24.0 Å². The normalized spacial score (nSPS) is 16.3. The van der Waals surface area contributed by atoms with Crippen molar-refractivity contribution in [3.8, 4) is 5.75 Å². The summed E-state index contributed by atoms with van der Waals surface area (Å²) < 4.78 is 32.5. The van der Waals surface area contributed by atoms with Crippen LogP contribution in [0.2, 0.25) is 0 Å². The van der Waals surface area contributed by atoms with E-state index in [0.717, 1.165) is 27.5 Å². The number of hydrogen-bond donors (Lipinski definition) is 0. The summed E-state index contributed by atoms with van der Waals surface area (Å²) >= 11 is 0. The van der Waals surface area contributed by atoms with Gasteiger partial charge in [0.1, 0.15) is 5.75 Å². The van der Waals surface area contributed by atoms with Gasteiger partial charge in [0.05, 0.1) is 18.0 Å². The number of ether oxygens (including phenoxy) is 1. The zero-order chi connectivity index (χ0) is 20.5. The Bertz CT molecular complexity index is 988. The zero-order valence-electron chi connectivity index (χ0n) is 16.7. The highest BCUT2D eigenvalue weighted by Crippen LogP contribution is 2.32. The number of aryl methyl sites for hydroxylation is 1. The molecule has 2 aromatic rings. The number of anilines is 1. The molecule has 1 atom stereocenters. The van der Waals surface area contributed by atoms with Crippen molar-refractivity contribution in [1.29, 1.82) is 0 Å². The van der Waals surface area contributed by atoms with Gasteiger partial charge < -0.3 is 9.64 Å². The van der Waals surface area contributed by atoms with Crippen molar-refractivity contribution < 1.29 is 17.9 Å². The van der Waals surface area contributed by atoms with Crippen molar-refractivity contribution in [1.82, 2.24) is 4.31 Å². The number of benzene rings is 2. The van der Waals surface area contributed by atoms with Gasteiger partial charge in [-0.1, -0.05) is 18.2 Å². The monoisotopic (exact) mass is 402 g/mol. The van der Waals surface area contributed by atoms with Gasteiger partial charge in [-0.3, -0.25) is 4.79 Å². The summed E-state index contributed by atoms with van der Waals surface area (Å²) in [5.74, 6) is 0.425. The van der Waals surface area contributed by atoms with Crippen LogP contribution < -0.4 is 9.64 Å². The van der Waals surface area contributed by atoms with Crippen LogP contribution in [0.1, 0.15) is 25.0 Å². The lowest BCUT2D eigenvalue weighted by molar-refractivity contribution is -0.118. The van der Waals surface area contributed by atoms with Crippen LogP contribution in [0.4, 0.5) is 5.69 Å². The number of amides is 1. The highest BCUT2D eigenvalue weighted by Gasteiger charge is 2.33. The smallest absolute Gasteiger partial charge is 0.243 e. The van der Waals surface area contributed by atoms with E-state index in [0.29, 0.717) is 12.4 Å². The first-order chi connectivity index (χ1) is 13.3. The van der Waals surface area contributed by atoms with Gasteiger partial charge in [0.25, 0.3) is 0 Å². The van der Waals surface area contributed by atoms with E-state index < -0.39 is 10.0 Å². The summed E-state index contributed by atoms with van der Waals surface area (Å²) in [6.07, 6.45) is 0.774. The summed E-state index contributed by atoms with van der Waals surface area (Å²) in [4.78, 5) is 14.8.